The Balaban J connectivity index is 1.51. The summed E-state index contributed by atoms with van der Waals surface area (Å²) in [6.07, 6.45) is 4.97. The quantitative estimate of drug-likeness (QED) is 0.423. The molecule has 0 unspecified atom stereocenters. The fourth-order valence-corrected chi connectivity index (χ4v) is 3.62. The summed E-state index contributed by atoms with van der Waals surface area (Å²) in [5.41, 5.74) is 1.22. The normalized spacial score (nSPS) is 10.9. The number of pyridine rings is 1. The van der Waals surface area contributed by atoms with Crippen LogP contribution in [0.1, 0.15) is 5.76 Å². The average Bonchev–Trinajstić information content (AvgIpc) is 3.40. The maximum absolute atomic E-state index is 13.3. The zero-order valence-electron chi connectivity index (χ0n) is 15.5. The van der Waals surface area contributed by atoms with E-state index in [1.54, 1.807) is 24.7 Å². The lowest BCUT2D eigenvalue weighted by atomic mass is 10.2. The van der Waals surface area contributed by atoms with Crippen LogP contribution < -0.4 is 5.32 Å². The molecule has 30 heavy (non-hydrogen) atoms. The van der Waals surface area contributed by atoms with E-state index in [1.807, 2.05) is 22.8 Å². The molecule has 0 atom stereocenters. The summed E-state index contributed by atoms with van der Waals surface area (Å²) in [5, 5.41) is 11.7. The van der Waals surface area contributed by atoms with E-state index in [0.29, 0.717) is 23.2 Å². The van der Waals surface area contributed by atoms with Crippen LogP contribution in [0.4, 0.5) is 10.1 Å². The molecule has 0 saturated carbocycles. The van der Waals surface area contributed by atoms with Crippen LogP contribution in [-0.2, 0) is 11.3 Å². The van der Waals surface area contributed by atoms with E-state index >= 15 is 0 Å². The van der Waals surface area contributed by atoms with Crippen LogP contribution in [0.5, 0.6) is 0 Å². The van der Waals surface area contributed by atoms with Crippen molar-refractivity contribution >= 4 is 35.0 Å². The lowest BCUT2D eigenvalue weighted by molar-refractivity contribution is -0.113. The van der Waals surface area contributed by atoms with E-state index in [2.05, 4.69) is 20.5 Å². The Bertz CT molecular complexity index is 1150. The second kappa shape index (κ2) is 9.10. The Morgan fingerprint density at radius 1 is 1.23 bits per heavy atom. The molecule has 0 aliphatic heterocycles. The average molecular weight is 444 g/mol. The summed E-state index contributed by atoms with van der Waals surface area (Å²) in [6, 6.07) is 11.4. The highest BCUT2D eigenvalue weighted by molar-refractivity contribution is 7.99. The fraction of sp³-hybridized carbons (Fsp3) is 0.100. The second-order valence-corrected chi connectivity index (χ2v) is 7.53. The van der Waals surface area contributed by atoms with Crippen molar-refractivity contribution in [1.29, 1.82) is 0 Å². The van der Waals surface area contributed by atoms with Crippen LogP contribution >= 0.6 is 23.4 Å². The van der Waals surface area contributed by atoms with Gasteiger partial charge >= 0.3 is 0 Å². The summed E-state index contributed by atoms with van der Waals surface area (Å²) in [5.74, 6) is 0.606. The number of benzene rings is 1. The highest BCUT2D eigenvalue weighted by atomic mass is 35.5. The van der Waals surface area contributed by atoms with Crippen LogP contribution in [-0.4, -0.2) is 31.4 Å². The monoisotopic (exact) mass is 443 g/mol. The third kappa shape index (κ3) is 4.69. The number of amides is 1. The van der Waals surface area contributed by atoms with Crippen molar-refractivity contribution in [3.05, 3.63) is 77.7 Å². The summed E-state index contributed by atoms with van der Waals surface area (Å²) < 4.78 is 20.6. The number of hydrogen-bond acceptors (Lipinski definition) is 6. The van der Waals surface area contributed by atoms with Gasteiger partial charge in [-0.1, -0.05) is 23.4 Å². The molecule has 0 fully saturated rings. The van der Waals surface area contributed by atoms with Gasteiger partial charge in [0.15, 0.2) is 11.0 Å². The molecule has 0 bridgehead atoms. The van der Waals surface area contributed by atoms with Crippen LogP contribution in [0.25, 0.3) is 11.4 Å². The van der Waals surface area contributed by atoms with E-state index in [0.717, 1.165) is 11.3 Å². The van der Waals surface area contributed by atoms with Crippen LogP contribution in [0, 0.1) is 5.82 Å². The van der Waals surface area contributed by atoms with Gasteiger partial charge in [-0.3, -0.25) is 14.3 Å². The molecule has 0 spiro atoms. The molecular formula is C20H15ClFN5O2S. The van der Waals surface area contributed by atoms with Gasteiger partial charge in [0.1, 0.15) is 11.6 Å². The minimum atomic E-state index is -0.544. The first-order chi connectivity index (χ1) is 14.6. The van der Waals surface area contributed by atoms with Gasteiger partial charge in [0.2, 0.25) is 5.91 Å². The van der Waals surface area contributed by atoms with Gasteiger partial charge in [0.25, 0.3) is 0 Å². The summed E-state index contributed by atoms with van der Waals surface area (Å²) in [7, 11) is 0. The first kappa shape index (κ1) is 20.1. The Hall–Kier alpha value is -3.17. The SMILES string of the molecule is O=C(CSc1nnc(-c2cccnc2)n1Cc1ccco1)Nc1ccc(F)c(Cl)c1. The molecule has 0 aliphatic rings. The fourth-order valence-electron chi connectivity index (χ4n) is 2.71. The number of anilines is 1. The van der Waals surface area contributed by atoms with Crippen molar-refractivity contribution < 1.29 is 13.6 Å². The van der Waals surface area contributed by atoms with Crippen LogP contribution in [0.15, 0.2) is 70.7 Å². The zero-order valence-corrected chi connectivity index (χ0v) is 17.0. The summed E-state index contributed by atoms with van der Waals surface area (Å²) >= 11 is 6.98. The molecule has 0 aliphatic carbocycles. The first-order valence-corrected chi connectivity index (χ1v) is 10.2. The van der Waals surface area contributed by atoms with Crippen molar-refractivity contribution in [3.63, 3.8) is 0 Å². The van der Waals surface area contributed by atoms with Crippen molar-refractivity contribution in [3.8, 4) is 11.4 Å². The van der Waals surface area contributed by atoms with E-state index in [9.17, 15) is 9.18 Å². The molecule has 4 aromatic rings. The highest BCUT2D eigenvalue weighted by Crippen LogP contribution is 2.25. The Labute approximate surface area is 180 Å². The number of carbonyl (C=O) groups is 1. The third-order valence-electron chi connectivity index (χ3n) is 4.07. The topological polar surface area (TPSA) is 85.8 Å². The van der Waals surface area contributed by atoms with Gasteiger partial charge in [0, 0.05) is 23.6 Å². The predicted molar refractivity (Wildman–Crippen MR) is 112 cm³/mol. The van der Waals surface area contributed by atoms with Crippen molar-refractivity contribution in [2.45, 2.75) is 11.7 Å². The zero-order chi connectivity index (χ0) is 20.9. The number of thioether (sulfide) groups is 1. The molecule has 0 radical (unpaired) electrons. The molecule has 3 aromatic heterocycles. The molecule has 3 heterocycles. The number of aromatic nitrogens is 4. The van der Waals surface area contributed by atoms with E-state index in [4.69, 9.17) is 16.0 Å². The van der Waals surface area contributed by atoms with E-state index in [1.165, 1.54) is 30.0 Å². The number of halogens is 2. The smallest absolute Gasteiger partial charge is 0.234 e. The molecule has 1 aromatic carbocycles. The number of rotatable bonds is 7. The van der Waals surface area contributed by atoms with Crippen molar-refractivity contribution in [2.24, 2.45) is 0 Å². The van der Waals surface area contributed by atoms with Gasteiger partial charge in [-0.15, -0.1) is 10.2 Å². The molecule has 1 N–H and O–H groups in total. The molecule has 7 nitrogen and oxygen atoms in total. The number of carbonyl (C=O) groups excluding carboxylic acids is 1. The van der Waals surface area contributed by atoms with Crippen molar-refractivity contribution in [2.75, 3.05) is 11.1 Å². The third-order valence-corrected chi connectivity index (χ3v) is 5.32. The van der Waals surface area contributed by atoms with Crippen molar-refractivity contribution in [1.82, 2.24) is 19.7 Å². The first-order valence-electron chi connectivity index (χ1n) is 8.84. The molecular weight excluding hydrogens is 429 g/mol. The summed E-state index contributed by atoms with van der Waals surface area (Å²) in [4.78, 5) is 16.5. The van der Waals surface area contributed by atoms with Gasteiger partial charge in [-0.2, -0.15) is 0 Å². The molecule has 4 rings (SSSR count). The number of nitrogens with one attached hydrogen (secondary N) is 1. The number of hydrogen-bond donors (Lipinski definition) is 1. The standard InChI is InChI=1S/C20H15ClFN5O2S/c21-16-9-14(5-6-17(16)22)24-18(28)12-30-20-26-25-19(13-3-1-7-23-10-13)27(20)11-15-4-2-8-29-15/h1-10H,11-12H2,(H,24,28). The molecule has 152 valence electrons. The maximum atomic E-state index is 13.3. The number of furan rings is 1. The van der Waals surface area contributed by atoms with Crippen LogP contribution in [0.3, 0.4) is 0 Å². The Kier molecular flexibility index (Phi) is 6.10. The summed E-state index contributed by atoms with van der Waals surface area (Å²) in [6.45, 7) is 0.405. The predicted octanol–water partition coefficient (Wildman–Crippen LogP) is 4.50. The van der Waals surface area contributed by atoms with Gasteiger partial charge in [-0.05, 0) is 42.5 Å². The van der Waals surface area contributed by atoms with Gasteiger partial charge < -0.3 is 9.73 Å². The molecule has 1 amide bonds. The lowest BCUT2D eigenvalue weighted by Gasteiger charge is -2.09. The molecule has 0 saturated heterocycles. The second-order valence-electron chi connectivity index (χ2n) is 6.18. The maximum Gasteiger partial charge on any atom is 0.234 e. The highest BCUT2D eigenvalue weighted by Gasteiger charge is 2.17. The minimum Gasteiger partial charge on any atom is -0.467 e. The largest absolute Gasteiger partial charge is 0.467 e. The van der Waals surface area contributed by atoms with Crippen LogP contribution in [0.2, 0.25) is 5.02 Å². The van der Waals surface area contributed by atoms with E-state index in [-0.39, 0.29) is 16.7 Å². The Morgan fingerprint density at radius 2 is 2.13 bits per heavy atom. The van der Waals surface area contributed by atoms with E-state index < -0.39 is 5.82 Å². The minimum absolute atomic E-state index is 0.0558. The van der Waals surface area contributed by atoms with Gasteiger partial charge in [-0.25, -0.2) is 4.39 Å². The Morgan fingerprint density at radius 3 is 2.87 bits per heavy atom. The number of nitrogens with zero attached hydrogens (tertiary/aromatic N) is 4. The molecule has 10 heteroatoms. The van der Waals surface area contributed by atoms with Gasteiger partial charge in [0.05, 0.1) is 23.6 Å². The lowest BCUT2D eigenvalue weighted by Crippen LogP contribution is -2.15.